The molecule has 0 aliphatic rings. The van der Waals surface area contributed by atoms with Crippen molar-refractivity contribution in [3.8, 4) is 5.75 Å². The highest BCUT2D eigenvalue weighted by Crippen LogP contribution is 2.08. The molecular formula is C13H12N2O2. The van der Waals surface area contributed by atoms with Gasteiger partial charge in [-0.3, -0.25) is 5.43 Å². The fraction of sp³-hybridized carbons (Fsp3) is 0. The molecule has 0 saturated carbocycles. The average Bonchev–Trinajstić information content (AvgIpc) is 2.39. The van der Waals surface area contributed by atoms with Crippen molar-refractivity contribution in [1.82, 2.24) is 5.43 Å². The predicted octanol–water partition coefficient (Wildman–Crippen LogP) is 2.80. The molecule has 0 spiro atoms. The summed E-state index contributed by atoms with van der Waals surface area (Å²) in [6.45, 7) is 0. The summed E-state index contributed by atoms with van der Waals surface area (Å²) in [4.78, 5) is 11.4. The van der Waals surface area contributed by atoms with Crippen LogP contribution in [-0.2, 0) is 0 Å². The minimum atomic E-state index is -0.556. The number of anilines is 1. The number of carbonyl (C=O) groups excluding carboxylic acids is 1. The first-order chi connectivity index (χ1) is 8.34. The van der Waals surface area contributed by atoms with E-state index in [0.29, 0.717) is 5.75 Å². The van der Waals surface area contributed by atoms with Crippen molar-refractivity contribution < 1.29 is 9.53 Å². The Morgan fingerprint density at radius 3 is 2.12 bits per heavy atom. The summed E-state index contributed by atoms with van der Waals surface area (Å²) in [6.07, 6.45) is -0.556. The molecule has 0 bridgehead atoms. The molecule has 0 atom stereocenters. The van der Waals surface area contributed by atoms with Crippen molar-refractivity contribution in [2.75, 3.05) is 5.43 Å². The molecule has 17 heavy (non-hydrogen) atoms. The van der Waals surface area contributed by atoms with Crippen LogP contribution in [0.3, 0.4) is 0 Å². The Hall–Kier alpha value is -2.49. The van der Waals surface area contributed by atoms with Crippen LogP contribution in [0.25, 0.3) is 0 Å². The molecule has 2 aromatic carbocycles. The van der Waals surface area contributed by atoms with E-state index in [-0.39, 0.29) is 0 Å². The zero-order valence-corrected chi connectivity index (χ0v) is 9.09. The quantitative estimate of drug-likeness (QED) is 0.794. The Kier molecular flexibility index (Phi) is 3.60. The average molecular weight is 228 g/mol. The summed E-state index contributed by atoms with van der Waals surface area (Å²) < 4.78 is 5.02. The van der Waals surface area contributed by atoms with Gasteiger partial charge in [0.25, 0.3) is 0 Å². The van der Waals surface area contributed by atoms with E-state index in [1.165, 1.54) is 0 Å². The lowest BCUT2D eigenvalue weighted by molar-refractivity contribution is 0.203. The molecule has 4 nitrogen and oxygen atoms in total. The van der Waals surface area contributed by atoms with Gasteiger partial charge in [0, 0.05) is 0 Å². The Morgan fingerprint density at radius 2 is 1.47 bits per heavy atom. The smallest absolute Gasteiger partial charge is 0.409 e. The lowest BCUT2D eigenvalue weighted by Gasteiger charge is -2.08. The molecular weight excluding hydrogens is 216 g/mol. The van der Waals surface area contributed by atoms with Crippen LogP contribution in [0.2, 0.25) is 0 Å². The highest BCUT2D eigenvalue weighted by atomic mass is 16.6. The highest BCUT2D eigenvalue weighted by molar-refractivity contribution is 5.72. The van der Waals surface area contributed by atoms with Crippen molar-refractivity contribution >= 4 is 11.8 Å². The number of benzene rings is 2. The third kappa shape index (κ3) is 3.53. The number of hydrogen-bond acceptors (Lipinski definition) is 3. The molecule has 0 aromatic heterocycles. The van der Waals surface area contributed by atoms with Gasteiger partial charge in [-0.15, -0.1) is 0 Å². The number of amides is 1. The van der Waals surface area contributed by atoms with Gasteiger partial charge in [-0.25, -0.2) is 10.2 Å². The van der Waals surface area contributed by atoms with E-state index in [0.717, 1.165) is 5.69 Å². The predicted molar refractivity (Wildman–Crippen MR) is 65.7 cm³/mol. The number of hydrazine groups is 1. The van der Waals surface area contributed by atoms with Crippen molar-refractivity contribution in [3.63, 3.8) is 0 Å². The van der Waals surface area contributed by atoms with Gasteiger partial charge in [0.15, 0.2) is 0 Å². The second kappa shape index (κ2) is 5.55. The summed E-state index contributed by atoms with van der Waals surface area (Å²) >= 11 is 0. The van der Waals surface area contributed by atoms with Crippen molar-refractivity contribution in [2.45, 2.75) is 0 Å². The first kappa shape index (κ1) is 11.0. The summed E-state index contributed by atoms with van der Waals surface area (Å²) in [5.74, 6) is 0.500. The summed E-state index contributed by atoms with van der Waals surface area (Å²) in [7, 11) is 0. The van der Waals surface area contributed by atoms with Crippen LogP contribution in [0.1, 0.15) is 0 Å². The van der Waals surface area contributed by atoms with Crippen LogP contribution in [-0.4, -0.2) is 6.09 Å². The lowest BCUT2D eigenvalue weighted by atomic mass is 10.3. The summed E-state index contributed by atoms with van der Waals surface area (Å²) in [6, 6.07) is 18.2. The molecule has 0 saturated heterocycles. The van der Waals surface area contributed by atoms with E-state index in [9.17, 15) is 4.79 Å². The van der Waals surface area contributed by atoms with Crippen LogP contribution in [0.4, 0.5) is 10.5 Å². The van der Waals surface area contributed by atoms with E-state index in [2.05, 4.69) is 10.9 Å². The number of para-hydroxylation sites is 2. The van der Waals surface area contributed by atoms with Crippen LogP contribution in [0.5, 0.6) is 5.75 Å². The van der Waals surface area contributed by atoms with E-state index >= 15 is 0 Å². The van der Waals surface area contributed by atoms with Gasteiger partial charge in [0.1, 0.15) is 5.75 Å². The fourth-order valence-electron chi connectivity index (χ4n) is 1.27. The third-order valence-electron chi connectivity index (χ3n) is 2.04. The van der Waals surface area contributed by atoms with E-state index in [1.54, 1.807) is 24.3 Å². The van der Waals surface area contributed by atoms with Gasteiger partial charge in [-0.05, 0) is 24.3 Å². The Balaban J connectivity index is 1.83. The summed E-state index contributed by atoms with van der Waals surface area (Å²) in [5, 5.41) is 0. The first-order valence-electron chi connectivity index (χ1n) is 5.18. The van der Waals surface area contributed by atoms with Crippen molar-refractivity contribution in [2.24, 2.45) is 0 Å². The topological polar surface area (TPSA) is 50.4 Å². The van der Waals surface area contributed by atoms with Gasteiger partial charge < -0.3 is 4.74 Å². The van der Waals surface area contributed by atoms with Gasteiger partial charge in [-0.2, -0.15) is 0 Å². The van der Waals surface area contributed by atoms with Crippen LogP contribution in [0, 0.1) is 0 Å². The lowest BCUT2D eigenvalue weighted by Crippen LogP contribution is -2.31. The molecule has 0 heterocycles. The maximum absolute atomic E-state index is 11.4. The molecule has 2 aromatic rings. The largest absolute Gasteiger partial charge is 0.431 e. The van der Waals surface area contributed by atoms with E-state index < -0.39 is 6.09 Å². The molecule has 1 amide bonds. The molecule has 2 rings (SSSR count). The summed E-state index contributed by atoms with van der Waals surface area (Å²) in [5.41, 5.74) is 5.97. The monoisotopic (exact) mass is 228 g/mol. The zero-order valence-electron chi connectivity index (χ0n) is 9.09. The first-order valence-corrected chi connectivity index (χ1v) is 5.18. The zero-order chi connectivity index (χ0) is 11.9. The highest BCUT2D eigenvalue weighted by Gasteiger charge is 2.02. The Bertz CT molecular complexity index is 471. The molecule has 0 aliphatic heterocycles. The maximum atomic E-state index is 11.4. The van der Waals surface area contributed by atoms with Crippen LogP contribution < -0.4 is 15.6 Å². The van der Waals surface area contributed by atoms with Gasteiger partial charge >= 0.3 is 6.09 Å². The second-order valence-corrected chi connectivity index (χ2v) is 3.32. The normalized spacial score (nSPS) is 9.41. The fourth-order valence-corrected chi connectivity index (χ4v) is 1.27. The minimum absolute atomic E-state index is 0.500. The number of rotatable bonds is 3. The van der Waals surface area contributed by atoms with E-state index in [1.807, 2.05) is 36.4 Å². The standard InChI is InChI=1S/C13H12N2O2/c16-13(17-12-9-5-2-6-10-12)15-14-11-7-3-1-4-8-11/h1-10,14H,(H,15,16). The molecule has 0 aliphatic carbocycles. The number of carbonyl (C=O) groups is 1. The Morgan fingerprint density at radius 1 is 0.882 bits per heavy atom. The Labute approximate surface area is 99.2 Å². The maximum Gasteiger partial charge on any atom is 0.431 e. The SMILES string of the molecule is O=C(NNc1ccccc1)Oc1ccccc1. The number of nitrogens with one attached hydrogen (secondary N) is 2. The molecule has 0 radical (unpaired) electrons. The molecule has 86 valence electrons. The van der Waals surface area contributed by atoms with Crippen LogP contribution >= 0.6 is 0 Å². The van der Waals surface area contributed by atoms with Gasteiger partial charge in [-0.1, -0.05) is 36.4 Å². The molecule has 0 fully saturated rings. The van der Waals surface area contributed by atoms with Crippen molar-refractivity contribution in [1.29, 1.82) is 0 Å². The van der Waals surface area contributed by atoms with Gasteiger partial charge in [0.05, 0.1) is 5.69 Å². The molecule has 0 unspecified atom stereocenters. The minimum Gasteiger partial charge on any atom is -0.409 e. The van der Waals surface area contributed by atoms with E-state index in [4.69, 9.17) is 4.74 Å². The molecule has 2 N–H and O–H groups in total. The number of ether oxygens (including phenoxy) is 1. The number of hydrogen-bond donors (Lipinski definition) is 2. The molecule has 4 heteroatoms. The second-order valence-electron chi connectivity index (χ2n) is 3.32. The third-order valence-corrected chi connectivity index (χ3v) is 2.04. The van der Waals surface area contributed by atoms with Crippen LogP contribution in [0.15, 0.2) is 60.7 Å². The van der Waals surface area contributed by atoms with Crippen molar-refractivity contribution in [3.05, 3.63) is 60.7 Å². The van der Waals surface area contributed by atoms with Gasteiger partial charge in [0.2, 0.25) is 0 Å².